The summed E-state index contributed by atoms with van der Waals surface area (Å²) in [6.45, 7) is 0.583. The predicted molar refractivity (Wildman–Crippen MR) is 72.7 cm³/mol. The summed E-state index contributed by atoms with van der Waals surface area (Å²) in [5.41, 5.74) is 0.844. The maximum atomic E-state index is 11.6. The number of hydrogen-bond donors (Lipinski definition) is 2. The highest BCUT2D eigenvalue weighted by Crippen LogP contribution is 2.18. The molecule has 0 bridgehead atoms. The van der Waals surface area contributed by atoms with E-state index in [2.05, 4.69) is 5.32 Å². The van der Waals surface area contributed by atoms with Gasteiger partial charge >= 0.3 is 12.2 Å². The number of ether oxygens (including phenoxy) is 1. The number of carbonyl (C=O) groups excluding carboxylic acids is 2. The van der Waals surface area contributed by atoms with Gasteiger partial charge in [-0.2, -0.15) is 0 Å². The smallest absolute Gasteiger partial charge is 0.408 e. The van der Waals surface area contributed by atoms with Crippen LogP contribution in [0, 0.1) is 5.92 Å². The molecule has 1 fully saturated rings. The van der Waals surface area contributed by atoms with E-state index in [1.165, 1.54) is 4.90 Å². The number of hydrogen-bond acceptors (Lipinski definition) is 4. The normalized spacial score (nSPS) is 15.7. The summed E-state index contributed by atoms with van der Waals surface area (Å²) in [5, 5.41) is 11.2. The van der Waals surface area contributed by atoms with Gasteiger partial charge in [-0.15, -0.1) is 0 Å². The summed E-state index contributed by atoms with van der Waals surface area (Å²) in [6.07, 6.45) is -1.11. The van der Waals surface area contributed by atoms with Crippen molar-refractivity contribution in [1.82, 2.24) is 10.2 Å². The SMILES string of the molecule is O=C[C@H](NC(=O)OCc1ccccc1)C1CN(C(=O)O)C1. The van der Waals surface area contributed by atoms with Crippen molar-refractivity contribution in [2.24, 2.45) is 5.92 Å². The summed E-state index contributed by atoms with van der Waals surface area (Å²) >= 11 is 0. The molecule has 1 aromatic rings. The van der Waals surface area contributed by atoms with Gasteiger partial charge in [0.05, 0.1) is 6.04 Å². The van der Waals surface area contributed by atoms with Crippen LogP contribution in [0.4, 0.5) is 9.59 Å². The van der Waals surface area contributed by atoms with Crippen molar-refractivity contribution in [3.8, 4) is 0 Å². The van der Waals surface area contributed by atoms with E-state index in [4.69, 9.17) is 9.84 Å². The molecule has 1 atom stereocenters. The summed E-state index contributed by atoms with van der Waals surface area (Å²) in [7, 11) is 0. The van der Waals surface area contributed by atoms with E-state index >= 15 is 0 Å². The number of nitrogens with one attached hydrogen (secondary N) is 1. The van der Waals surface area contributed by atoms with E-state index in [1.807, 2.05) is 30.3 Å². The molecule has 21 heavy (non-hydrogen) atoms. The van der Waals surface area contributed by atoms with E-state index in [-0.39, 0.29) is 25.6 Å². The largest absolute Gasteiger partial charge is 0.465 e. The first-order valence-electron chi connectivity index (χ1n) is 6.50. The Bertz CT molecular complexity index is 513. The van der Waals surface area contributed by atoms with Crippen molar-refractivity contribution >= 4 is 18.5 Å². The van der Waals surface area contributed by atoms with E-state index in [1.54, 1.807) is 0 Å². The van der Waals surface area contributed by atoms with E-state index in [0.717, 1.165) is 5.56 Å². The lowest BCUT2D eigenvalue weighted by atomic mass is 9.93. The van der Waals surface area contributed by atoms with Crippen LogP contribution in [0.15, 0.2) is 30.3 Å². The second-order valence-electron chi connectivity index (χ2n) is 4.82. The van der Waals surface area contributed by atoms with Crippen LogP contribution in [-0.4, -0.2) is 47.6 Å². The standard InChI is InChI=1S/C14H16N2O5/c17-8-12(11-6-16(7-11)14(19)20)15-13(18)21-9-10-4-2-1-3-5-10/h1-5,8,11-12H,6-7,9H2,(H,15,18)(H,19,20)/t12-/m0/s1. The quantitative estimate of drug-likeness (QED) is 0.792. The Hall–Kier alpha value is -2.57. The molecule has 2 N–H and O–H groups in total. The van der Waals surface area contributed by atoms with Crippen molar-refractivity contribution in [3.63, 3.8) is 0 Å². The zero-order valence-electron chi connectivity index (χ0n) is 11.3. The van der Waals surface area contributed by atoms with Gasteiger partial charge in [0.25, 0.3) is 0 Å². The number of rotatable bonds is 5. The van der Waals surface area contributed by atoms with Crippen LogP contribution < -0.4 is 5.32 Å². The molecule has 7 nitrogen and oxygen atoms in total. The van der Waals surface area contributed by atoms with E-state index < -0.39 is 18.2 Å². The van der Waals surface area contributed by atoms with Crippen molar-refractivity contribution in [2.75, 3.05) is 13.1 Å². The molecule has 0 aromatic heterocycles. The third-order valence-electron chi connectivity index (χ3n) is 3.33. The molecule has 1 aromatic carbocycles. The fraction of sp³-hybridized carbons (Fsp3) is 0.357. The molecule has 1 aliphatic rings. The molecule has 0 unspecified atom stereocenters. The fourth-order valence-electron chi connectivity index (χ4n) is 2.06. The first-order valence-corrected chi connectivity index (χ1v) is 6.50. The molecule has 112 valence electrons. The van der Waals surface area contributed by atoms with Crippen LogP contribution in [-0.2, 0) is 16.1 Å². The molecular weight excluding hydrogens is 276 g/mol. The highest BCUT2D eigenvalue weighted by atomic mass is 16.5. The molecule has 0 radical (unpaired) electrons. The van der Waals surface area contributed by atoms with Crippen molar-refractivity contribution in [2.45, 2.75) is 12.6 Å². The van der Waals surface area contributed by atoms with Gasteiger partial charge in [0.2, 0.25) is 0 Å². The van der Waals surface area contributed by atoms with E-state index in [0.29, 0.717) is 6.29 Å². The summed E-state index contributed by atoms with van der Waals surface area (Å²) in [5.74, 6) is -0.206. The predicted octanol–water partition coefficient (Wildman–Crippen LogP) is 1.09. The van der Waals surface area contributed by atoms with Crippen LogP contribution in [0.25, 0.3) is 0 Å². The number of likely N-dealkylation sites (tertiary alicyclic amines) is 1. The second kappa shape index (κ2) is 6.74. The van der Waals surface area contributed by atoms with Gasteiger partial charge in [-0.05, 0) is 5.56 Å². The number of alkyl carbamates (subject to hydrolysis) is 1. The average Bonchev–Trinajstić information content (AvgIpc) is 2.43. The van der Waals surface area contributed by atoms with Gasteiger partial charge in [-0.3, -0.25) is 0 Å². The van der Waals surface area contributed by atoms with Crippen LogP contribution in [0.5, 0.6) is 0 Å². The van der Waals surface area contributed by atoms with Gasteiger partial charge in [0.1, 0.15) is 12.9 Å². The maximum absolute atomic E-state index is 11.6. The molecule has 0 aliphatic carbocycles. The highest BCUT2D eigenvalue weighted by Gasteiger charge is 2.37. The van der Waals surface area contributed by atoms with Gasteiger partial charge in [-0.1, -0.05) is 30.3 Å². The first-order chi connectivity index (χ1) is 10.1. The Morgan fingerprint density at radius 1 is 1.38 bits per heavy atom. The minimum Gasteiger partial charge on any atom is -0.465 e. The minimum absolute atomic E-state index is 0.115. The van der Waals surface area contributed by atoms with Crippen molar-refractivity contribution in [1.29, 1.82) is 0 Å². The number of nitrogens with zero attached hydrogens (tertiary/aromatic N) is 1. The van der Waals surface area contributed by atoms with Gasteiger partial charge in [0.15, 0.2) is 0 Å². The van der Waals surface area contributed by atoms with Crippen LogP contribution in [0.2, 0.25) is 0 Å². The lowest BCUT2D eigenvalue weighted by Crippen LogP contribution is -2.58. The van der Waals surface area contributed by atoms with Gasteiger partial charge in [0, 0.05) is 19.0 Å². The minimum atomic E-state index is -1.03. The zero-order chi connectivity index (χ0) is 15.2. The Morgan fingerprint density at radius 3 is 2.62 bits per heavy atom. The monoisotopic (exact) mass is 292 g/mol. The number of aldehydes is 1. The summed E-state index contributed by atoms with van der Waals surface area (Å²) in [6, 6.07) is 8.43. The summed E-state index contributed by atoms with van der Waals surface area (Å²) in [4.78, 5) is 34.4. The molecular formula is C14H16N2O5. The fourth-order valence-corrected chi connectivity index (χ4v) is 2.06. The molecule has 2 amide bonds. The third-order valence-corrected chi connectivity index (χ3v) is 3.33. The van der Waals surface area contributed by atoms with Crippen LogP contribution in [0.1, 0.15) is 5.56 Å². The van der Waals surface area contributed by atoms with Crippen LogP contribution >= 0.6 is 0 Å². The molecule has 0 saturated carbocycles. The van der Waals surface area contributed by atoms with Crippen molar-refractivity contribution < 1.29 is 24.2 Å². The van der Waals surface area contributed by atoms with Crippen molar-refractivity contribution in [3.05, 3.63) is 35.9 Å². The Labute approximate surface area is 121 Å². The maximum Gasteiger partial charge on any atom is 0.408 e. The number of benzene rings is 1. The molecule has 1 heterocycles. The topological polar surface area (TPSA) is 95.9 Å². The number of amides is 2. The zero-order valence-corrected chi connectivity index (χ0v) is 11.3. The average molecular weight is 292 g/mol. The first kappa shape index (κ1) is 14.8. The van der Waals surface area contributed by atoms with Gasteiger partial charge in [-0.25, -0.2) is 9.59 Å². The second-order valence-corrected chi connectivity index (χ2v) is 4.82. The molecule has 1 saturated heterocycles. The van der Waals surface area contributed by atoms with Gasteiger partial charge < -0.3 is 24.9 Å². The third kappa shape index (κ3) is 3.95. The van der Waals surface area contributed by atoms with Crippen LogP contribution in [0.3, 0.4) is 0 Å². The molecule has 7 heteroatoms. The lowest BCUT2D eigenvalue weighted by Gasteiger charge is -2.39. The Kier molecular flexibility index (Phi) is 4.76. The molecule has 0 spiro atoms. The highest BCUT2D eigenvalue weighted by molar-refractivity contribution is 5.74. The number of carboxylic acid groups (broad SMARTS) is 1. The molecule has 1 aliphatic heterocycles. The molecule has 2 rings (SSSR count). The summed E-state index contributed by atoms with van der Waals surface area (Å²) < 4.78 is 5.01. The Balaban J connectivity index is 1.76. The van der Waals surface area contributed by atoms with E-state index in [9.17, 15) is 14.4 Å². The Morgan fingerprint density at radius 2 is 2.05 bits per heavy atom. The number of carbonyl (C=O) groups is 3. The lowest BCUT2D eigenvalue weighted by molar-refractivity contribution is -0.112.